The van der Waals surface area contributed by atoms with Gasteiger partial charge in [0.1, 0.15) is 0 Å². The van der Waals surface area contributed by atoms with Gasteiger partial charge in [-0.15, -0.1) is 0 Å². The quantitative estimate of drug-likeness (QED) is 0.167. The average Bonchev–Trinajstić information content (AvgIpc) is 2.66. The number of hydrogen-bond donors (Lipinski definition) is 2. The molecule has 0 rings (SSSR count). The lowest BCUT2D eigenvalue weighted by atomic mass is 10.1. The molecule has 0 fully saturated rings. The zero-order chi connectivity index (χ0) is 19.0. The number of unbranched alkanes of at least 4 members (excludes halogenated alkanes) is 15. The van der Waals surface area contributed by atoms with Crippen LogP contribution in [0.1, 0.15) is 122 Å². The molecule has 0 spiro atoms. The van der Waals surface area contributed by atoms with E-state index in [1.54, 1.807) is 0 Å². The Balaban J connectivity index is -0.00000312. The Bertz CT molecular complexity index is 273. The second kappa shape index (κ2) is 31.9. The zero-order valence-corrected chi connectivity index (χ0v) is 20.6. The van der Waals surface area contributed by atoms with Crippen LogP contribution in [0.4, 0.5) is 0 Å². The molecule has 4 heteroatoms. The van der Waals surface area contributed by atoms with Gasteiger partial charge >= 0.3 is 0 Å². The van der Waals surface area contributed by atoms with Crippen LogP contribution in [-0.2, 0) is 0 Å². The lowest BCUT2D eigenvalue weighted by molar-refractivity contribution is -0.655. The van der Waals surface area contributed by atoms with Crippen LogP contribution < -0.4 is 35.9 Å². The third kappa shape index (κ3) is 31.0. The summed E-state index contributed by atoms with van der Waals surface area (Å²) in [5.74, 6) is 0. The van der Waals surface area contributed by atoms with Gasteiger partial charge in [-0.1, -0.05) is 70.4 Å². The molecule has 0 aromatic heterocycles. The molecule has 2 nitrogen and oxygen atoms in total. The largest absolute Gasteiger partial charge is 1.00 e. The Hall–Kier alpha value is 0.240. The van der Waals surface area contributed by atoms with Crippen molar-refractivity contribution in [3.05, 3.63) is 12.2 Å². The van der Waals surface area contributed by atoms with Crippen molar-refractivity contribution in [2.75, 3.05) is 19.6 Å². The molecule has 0 aliphatic heterocycles. The molecule has 0 unspecified atom stereocenters. The third-order valence-corrected chi connectivity index (χ3v) is 5.33. The molecule has 0 saturated carbocycles. The average molecular weight is 440 g/mol. The molecule has 0 amide bonds. The van der Waals surface area contributed by atoms with E-state index in [4.69, 9.17) is 0 Å². The molecule has 172 valence electrons. The summed E-state index contributed by atoms with van der Waals surface area (Å²) in [6, 6.07) is 0. The number of halogens is 2. The van der Waals surface area contributed by atoms with Crippen molar-refractivity contribution in [3.8, 4) is 0 Å². The van der Waals surface area contributed by atoms with Gasteiger partial charge in [0.25, 0.3) is 0 Å². The number of quaternary nitrogens is 2. The predicted molar refractivity (Wildman–Crippen MR) is 117 cm³/mol. The molecule has 0 aromatic carbocycles. The van der Waals surface area contributed by atoms with E-state index in [0.717, 1.165) is 6.54 Å². The van der Waals surface area contributed by atoms with Crippen molar-refractivity contribution < 1.29 is 35.9 Å². The van der Waals surface area contributed by atoms with E-state index in [1.165, 1.54) is 129 Å². The van der Waals surface area contributed by atoms with Crippen LogP contribution in [0, 0.1) is 0 Å². The standard InChI is InChI=1S/C24H50N2.2ClH/c1-2-3-4-5-6-7-8-9-10-11-12-13-14-15-17-20-23-26-24-21-18-16-19-22-25;;/h9-10,26H,2-8,11-25H2,1H3;2*1H/b10-9-;;. The number of allylic oxidation sites excluding steroid dienone is 2. The van der Waals surface area contributed by atoms with Crippen LogP contribution in [-0.4, -0.2) is 19.6 Å². The van der Waals surface area contributed by atoms with E-state index >= 15 is 0 Å². The molecule has 0 aliphatic rings. The van der Waals surface area contributed by atoms with Gasteiger partial charge in [0.2, 0.25) is 0 Å². The smallest absolute Gasteiger partial charge is 0.0755 e. The van der Waals surface area contributed by atoms with E-state index in [2.05, 4.69) is 30.1 Å². The topological polar surface area (TPSA) is 44.2 Å². The minimum absolute atomic E-state index is 0. The minimum atomic E-state index is 0. The first-order valence-corrected chi connectivity index (χ1v) is 12.2. The number of nitrogens with two attached hydrogens (primary N) is 1. The summed E-state index contributed by atoms with van der Waals surface area (Å²) >= 11 is 0. The molecule has 0 radical (unpaired) electrons. The van der Waals surface area contributed by atoms with Gasteiger partial charge in [-0.2, -0.15) is 0 Å². The summed E-state index contributed by atoms with van der Waals surface area (Å²) in [7, 11) is 0. The lowest BCUT2D eigenvalue weighted by Crippen LogP contribution is -3.00. The molecule has 5 N–H and O–H groups in total. The Kier molecular flexibility index (Phi) is 37.5. The van der Waals surface area contributed by atoms with Gasteiger partial charge in [0.05, 0.1) is 19.6 Å². The highest BCUT2D eigenvalue weighted by molar-refractivity contribution is 4.81. The van der Waals surface area contributed by atoms with Crippen LogP contribution >= 0.6 is 0 Å². The maximum atomic E-state index is 3.90. The normalized spacial score (nSPS) is 10.8. The van der Waals surface area contributed by atoms with Gasteiger partial charge in [-0.05, 0) is 64.2 Å². The van der Waals surface area contributed by atoms with E-state index in [-0.39, 0.29) is 24.8 Å². The zero-order valence-electron chi connectivity index (χ0n) is 19.0. The van der Waals surface area contributed by atoms with Crippen LogP contribution in [0.3, 0.4) is 0 Å². The van der Waals surface area contributed by atoms with Crippen molar-refractivity contribution in [1.29, 1.82) is 0 Å². The molecule has 28 heavy (non-hydrogen) atoms. The summed E-state index contributed by atoms with van der Waals surface area (Å²) in [6.45, 7) is 6.08. The second-order valence-electron chi connectivity index (χ2n) is 8.07. The van der Waals surface area contributed by atoms with E-state index in [9.17, 15) is 0 Å². The van der Waals surface area contributed by atoms with Crippen LogP contribution in [0.25, 0.3) is 0 Å². The fourth-order valence-corrected chi connectivity index (χ4v) is 3.50. The fraction of sp³-hybridized carbons (Fsp3) is 0.917. The molecule has 0 heterocycles. The van der Waals surface area contributed by atoms with E-state index in [1.807, 2.05) is 0 Å². The SMILES string of the molecule is CCCCCCCC/C=C\CCCCCCCC[NH2+]CCCCCC[NH3+].[Cl-].[Cl-]. The van der Waals surface area contributed by atoms with Gasteiger partial charge < -0.3 is 35.9 Å². The Morgan fingerprint density at radius 3 is 1.39 bits per heavy atom. The number of hydrogen-bond acceptors (Lipinski definition) is 0. The van der Waals surface area contributed by atoms with Gasteiger partial charge in [-0.3, -0.25) is 0 Å². The fourth-order valence-electron chi connectivity index (χ4n) is 3.50. The first kappa shape index (κ1) is 32.9. The van der Waals surface area contributed by atoms with Crippen LogP contribution in [0.5, 0.6) is 0 Å². The molecule has 0 aliphatic carbocycles. The molecule has 0 aromatic rings. The Morgan fingerprint density at radius 2 is 0.929 bits per heavy atom. The predicted octanol–water partition coefficient (Wildman–Crippen LogP) is -0.602. The molecule has 0 bridgehead atoms. The summed E-state index contributed by atoms with van der Waals surface area (Å²) in [4.78, 5) is 0. The lowest BCUT2D eigenvalue weighted by Gasteiger charge is -2.02. The highest BCUT2D eigenvalue weighted by atomic mass is 35.5. The third-order valence-electron chi connectivity index (χ3n) is 5.33. The Labute approximate surface area is 190 Å². The second-order valence-corrected chi connectivity index (χ2v) is 8.07. The minimum Gasteiger partial charge on any atom is -1.00 e. The van der Waals surface area contributed by atoms with Crippen molar-refractivity contribution in [2.45, 2.75) is 122 Å². The molecular formula is C24H52Cl2N2. The number of rotatable bonds is 22. The van der Waals surface area contributed by atoms with E-state index in [0.29, 0.717) is 0 Å². The van der Waals surface area contributed by atoms with Gasteiger partial charge in [-0.25, -0.2) is 0 Å². The molecular weight excluding hydrogens is 387 g/mol. The molecule has 0 atom stereocenters. The van der Waals surface area contributed by atoms with Crippen LogP contribution in [0.15, 0.2) is 12.2 Å². The van der Waals surface area contributed by atoms with Crippen molar-refractivity contribution >= 4 is 0 Å². The van der Waals surface area contributed by atoms with Crippen molar-refractivity contribution in [3.63, 3.8) is 0 Å². The highest BCUT2D eigenvalue weighted by Crippen LogP contribution is 2.09. The van der Waals surface area contributed by atoms with Crippen molar-refractivity contribution in [2.24, 2.45) is 0 Å². The summed E-state index contributed by atoms with van der Waals surface area (Å²) in [5.41, 5.74) is 3.90. The highest BCUT2D eigenvalue weighted by Gasteiger charge is 1.95. The summed E-state index contributed by atoms with van der Waals surface area (Å²) < 4.78 is 0. The first-order chi connectivity index (χ1) is 12.9. The van der Waals surface area contributed by atoms with Crippen LogP contribution in [0.2, 0.25) is 0 Å². The van der Waals surface area contributed by atoms with Gasteiger partial charge in [0.15, 0.2) is 0 Å². The van der Waals surface area contributed by atoms with Crippen molar-refractivity contribution in [1.82, 2.24) is 0 Å². The monoisotopic (exact) mass is 438 g/mol. The maximum absolute atomic E-state index is 3.90. The summed E-state index contributed by atoms with van der Waals surface area (Å²) in [6.07, 6.45) is 30.0. The Morgan fingerprint density at radius 1 is 0.536 bits per heavy atom. The summed E-state index contributed by atoms with van der Waals surface area (Å²) in [5, 5.41) is 2.53. The first-order valence-electron chi connectivity index (χ1n) is 12.2. The maximum Gasteiger partial charge on any atom is 0.0755 e. The molecule has 0 saturated heterocycles. The van der Waals surface area contributed by atoms with Gasteiger partial charge in [0, 0.05) is 0 Å². The van der Waals surface area contributed by atoms with E-state index < -0.39 is 0 Å².